The molecule has 0 aliphatic carbocycles. The van der Waals surface area contributed by atoms with Gasteiger partial charge in [0.05, 0.1) is 19.9 Å². The second-order valence-corrected chi connectivity index (χ2v) is 6.45. The van der Waals surface area contributed by atoms with Crippen LogP contribution in [0.25, 0.3) is 0 Å². The Hall–Kier alpha value is -2.82. The van der Waals surface area contributed by atoms with Crippen molar-refractivity contribution in [1.29, 1.82) is 0 Å². The molecule has 0 bridgehead atoms. The number of amides is 1. The van der Waals surface area contributed by atoms with Crippen molar-refractivity contribution in [2.24, 2.45) is 11.0 Å². The predicted molar refractivity (Wildman–Crippen MR) is 104 cm³/mol. The van der Waals surface area contributed by atoms with E-state index in [4.69, 9.17) is 9.47 Å². The van der Waals surface area contributed by atoms with Gasteiger partial charge in [0, 0.05) is 5.56 Å². The number of hydrazone groups is 1. The average Bonchev–Trinajstić information content (AvgIpc) is 2.63. The first-order valence-electron chi connectivity index (χ1n) is 8.71. The molecular formula is C21H26N2O3. The minimum atomic E-state index is -0.304. The Morgan fingerprint density at radius 1 is 1.19 bits per heavy atom. The molecule has 0 heterocycles. The van der Waals surface area contributed by atoms with Gasteiger partial charge >= 0.3 is 0 Å². The maximum Gasteiger partial charge on any atom is 0.271 e. The van der Waals surface area contributed by atoms with Crippen molar-refractivity contribution in [2.45, 2.75) is 27.2 Å². The van der Waals surface area contributed by atoms with E-state index in [0.29, 0.717) is 29.6 Å². The van der Waals surface area contributed by atoms with Gasteiger partial charge in [-0.25, -0.2) is 5.43 Å². The zero-order chi connectivity index (χ0) is 18.9. The highest BCUT2D eigenvalue weighted by Gasteiger charge is 2.11. The second-order valence-electron chi connectivity index (χ2n) is 6.45. The van der Waals surface area contributed by atoms with Crippen molar-refractivity contribution in [2.75, 3.05) is 13.7 Å². The molecule has 0 aliphatic heterocycles. The zero-order valence-electron chi connectivity index (χ0n) is 15.8. The van der Waals surface area contributed by atoms with Gasteiger partial charge in [-0.15, -0.1) is 0 Å². The molecule has 0 saturated carbocycles. The molecule has 26 heavy (non-hydrogen) atoms. The largest absolute Gasteiger partial charge is 0.493 e. The van der Waals surface area contributed by atoms with Gasteiger partial charge in [-0.1, -0.05) is 38.1 Å². The number of ether oxygens (including phenoxy) is 2. The lowest BCUT2D eigenvalue weighted by Crippen LogP contribution is -2.17. The molecule has 0 spiro atoms. The van der Waals surface area contributed by atoms with Crippen molar-refractivity contribution >= 4 is 12.1 Å². The standard InChI is InChI=1S/C21H26N2O3/c1-15(2)11-12-26-19-10-9-17(13-20(19)25-4)21(24)23-22-14-18-8-6-5-7-16(18)3/h5-10,13-15H,11-12H2,1-4H3,(H,23,24)/b22-14+. The fraction of sp³-hybridized carbons (Fsp3) is 0.333. The van der Waals surface area contributed by atoms with E-state index in [1.165, 1.54) is 0 Å². The van der Waals surface area contributed by atoms with Gasteiger partial charge in [0.2, 0.25) is 0 Å². The molecule has 5 heteroatoms. The summed E-state index contributed by atoms with van der Waals surface area (Å²) in [7, 11) is 1.56. The van der Waals surface area contributed by atoms with Crippen molar-refractivity contribution < 1.29 is 14.3 Å². The molecule has 0 unspecified atom stereocenters. The highest BCUT2D eigenvalue weighted by molar-refractivity contribution is 5.95. The molecule has 0 radical (unpaired) electrons. The third kappa shape index (κ3) is 5.62. The predicted octanol–water partition coefficient (Wildman–Crippen LogP) is 4.19. The quantitative estimate of drug-likeness (QED) is 0.571. The number of carbonyl (C=O) groups is 1. The first kappa shape index (κ1) is 19.5. The van der Waals surface area contributed by atoms with Gasteiger partial charge in [-0.3, -0.25) is 4.79 Å². The minimum absolute atomic E-state index is 0.304. The van der Waals surface area contributed by atoms with E-state index in [-0.39, 0.29) is 5.91 Å². The van der Waals surface area contributed by atoms with E-state index in [2.05, 4.69) is 24.4 Å². The molecular weight excluding hydrogens is 328 g/mol. The highest BCUT2D eigenvalue weighted by atomic mass is 16.5. The number of benzene rings is 2. The number of methoxy groups -OCH3 is 1. The van der Waals surface area contributed by atoms with E-state index in [0.717, 1.165) is 17.5 Å². The lowest BCUT2D eigenvalue weighted by atomic mass is 10.1. The van der Waals surface area contributed by atoms with Crippen LogP contribution in [0.3, 0.4) is 0 Å². The first-order valence-corrected chi connectivity index (χ1v) is 8.71. The van der Waals surface area contributed by atoms with Gasteiger partial charge in [-0.05, 0) is 48.6 Å². The summed E-state index contributed by atoms with van der Waals surface area (Å²) in [5.41, 5.74) is 5.05. The SMILES string of the molecule is COc1cc(C(=O)N/N=C/c2ccccc2C)ccc1OCCC(C)C. The van der Waals surface area contributed by atoms with Crippen LogP contribution in [0.1, 0.15) is 41.8 Å². The average molecular weight is 354 g/mol. The molecule has 5 nitrogen and oxygen atoms in total. The normalized spacial score (nSPS) is 11.0. The number of rotatable bonds is 8. The Labute approximate surface area is 155 Å². The maximum absolute atomic E-state index is 12.3. The number of aryl methyl sites for hydroxylation is 1. The van der Waals surface area contributed by atoms with Gasteiger partial charge < -0.3 is 9.47 Å². The van der Waals surface area contributed by atoms with Gasteiger partial charge in [0.25, 0.3) is 5.91 Å². The third-order valence-electron chi connectivity index (χ3n) is 3.94. The molecule has 1 N–H and O–H groups in total. The summed E-state index contributed by atoms with van der Waals surface area (Å²) in [6.45, 7) is 6.89. The van der Waals surface area contributed by atoms with Crippen LogP contribution in [0, 0.1) is 12.8 Å². The fourth-order valence-electron chi connectivity index (χ4n) is 2.29. The fourth-order valence-corrected chi connectivity index (χ4v) is 2.29. The van der Waals surface area contributed by atoms with E-state index in [1.807, 2.05) is 31.2 Å². The number of hydrogen-bond acceptors (Lipinski definition) is 4. The molecule has 138 valence electrons. The minimum Gasteiger partial charge on any atom is -0.493 e. The van der Waals surface area contributed by atoms with Crippen LogP contribution in [0.5, 0.6) is 11.5 Å². The maximum atomic E-state index is 12.3. The van der Waals surface area contributed by atoms with Gasteiger partial charge in [0.1, 0.15) is 0 Å². The molecule has 0 atom stereocenters. The van der Waals surface area contributed by atoms with Gasteiger partial charge in [0.15, 0.2) is 11.5 Å². The van der Waals surface area contributed by atoms with E-state index >= 15 is 0 Å². The van der Waals surface area contributed by atoms with Gasteiger partial charge in [-0.2, -0.15) is 5.10 Å². The molecule has 2 aromatic carbocycles. The van der Waals surface area contributed by atoms with Crippen molar-refractivity contribution in [3.8, 4) is 11.5 Å². The van der Waals surface area contributed by atoms with Crippen molar-refractivity contribution in [3.05, 3.63) is 59.2 Å². The molecule has 0 saturated heterocycles. The summed E-state index contributed by atoms with van der Waals surface area (Å²) in [4.78, 5) is 12.3. The van der Waals surface area contributed by atoms with Crippen LogP contribution < -0.4 is 14.9 Å². The summed E-state index contributed by atoms with van der Waals surface area (Å²) in [6.07, 6.45) is 2.59. The third-order valence-corrected chi connectivity index (χ3v) is 3.94. The van der Waals surface area contributed by atoms with Crippen LogP contribution in [0.15, 0.2) is 47.6 Å². The highest BCUT2D eigenvalue weighted by Crippen LogP contribution is 2.28. The van der Waals surface area contributed by atoms with Crippen LogP contribution >= 0.6 is 0 Å². The molecule has 0 aromatic heterocycles. The molecule has 0 fully saturated rings. The monoisotopic (exact) mass is 354 g/mol. The Bertz CT molecular complexity index is 770. The Balaban J connectivity index is 2.01. The molecule has 1 amide bonds. The summed E-state index contributed by atoms with van der Waals surface area (Å²) in [6, 6.07) is 12.9. The molecule has 0 aliphatic rings. The number of hydrogen-bond donors (Lipinski definition) is 1. The lowest BCUT2D eigenvalue weighted by Gasteiger charge is -2.12. The summed E-state index contributed by atoms with van der Waals surface area (Å²) < 4.78 is 11.1. The Morgan fingerprint density at radius 2 is 1.96 bits per heavy atom. The van der Waals surface area contributed by atoms with E-state index in [1.54, 1.807) is 31.5 Å². The van der Waals surface area contributed by atoms with Crippen LogP contribution in [-0.4, -0.2) is 25.8 Å². The first-order chi connectivity index (χ1) is 12.5. The molecule has 2 aromatic rings. The zero-order valence-corrected chi connectivity index (χ0v) is 15.8. The number of nitrogens with one attached hydrogen (secondary N) is 1. The summed E-state index contributed by atoms with van der Waals surface area (Å²) in [5, 5.41) is 4.03. The summed E-state index contributed by atoms with van der Waals surface area (Å²) in [5.74, 6) is 1.43. The Morgan fingerprint density at radius 3 is 2.65 bits per heavy atom. The lowest BCUT2D eigenvalue weighted by molar-refractivity contribution is 0.0954. The number of carbonyl (C=O) groups excluding carboxylic acids is 1. The van der Waals surface area contributed by atoms with E-state index in [9.17, 15) is 4.79 Å². The Kier molecular flexibility index (Phi) is 7.21. The van der Waals surface area contributed by atoms with Crippen LogP contribution in [0.4, 0.5) is 0 Å². The summed E-state index contributed by atoms with van der Waals surface area (Å²) >= 11 is 0. The van der Waals surface area contributed by atoms with Crippen molar-refractivity contribution in [3.63, 3.8) is 0 Å². The van der Waals surface area contributed by atoms with Crippen LogP contribution in [-0.2, 0) is 0 Å². The van der Waals surface area contributed by atoms with E-state index < -0.39 is 0 Å². The van der Waals surface area contributed by atoms with Crippen molar-refractivity contribution in [1.82, 2.24) is 5.43 Å². The topological polar surface area (TPSA) is 59.9 Å². The second kappa shape index (κ2) is 9.61. The molecule has 2 rings (SSSR count). The van der Waals surface area contributed by atoms with Crippen LogP contribution in [0.2, 0.25) is 0 Å². The number of nitrogens with zero attached hydrogens (tertiary/aromatic N) is 1. The smallest absolute Gasteiger partial charge is 0.271 e.